The molecule has 2 aromatic rings. The SMILES string of the molecule is Cc1c(N2Cc3cc(F)c(OCC4CCCN4C)cc3C2)cn[nH]c1=O. The quantitative estimate of drug-likeness (QED) is 0.908. The molecule has 0 bridgehead atoms. The number of aromatic amines is 1. The molecule has 1 atom stereocenters. The van der Waals surface area contributed by atoms with E-state index in [0.29, 0.717) is 37.1 Å². The predicted molar refractivity (Wildman–Crippen MR) is 97.0 cm³/mol. The molecule has 2 aliphatic rings. The first kappa shape index (κ1) is 17.0. The molecule has 0 saturated carbocycles. The van der Waals surface area contributed by atoms with Gasteiger partial charge in [0.15, 0.2) is 11.6 Å². The van der Waals surface area contributed by atoms with Gasteiger partial charge in [0.25, 0.3) is 5.56 Å². The Morgan fingerprint density at radius 2 is 2.12 bits per heavy atom. The molecule has 6 nitrogen and oxygen atoms in total. The van der Waals surface area contributed by atoms with Gasteiger partial charge in [-0.05, 0) is 56.6 Å². The molecular weight excluding hydrogens is 335 g/mol. The number of anilines is 1. The maximum absolute atomic E-state index is 14.5. The van der Waals surface area contributed by atoms with Crippen molar-refractivity contribution in [3.63, 3.8) is 0 Å². The van der Waals surface area contributed by atoms with Crippen LogP contribution in [-0.2, 0) is 13.1 Å². The zero-order valence-corrected chi connectivity index (χ0v) is 15.1. The highest BCUT2D eigenvalue weighted by atomic mass is 19.1. The van der Waals surface area contributed by atoms with Gasteiger partial charge in [0.05, 0.1) is 11.9 Å². The van der Waals surface area contributed by atoms with Gasteiger partial charge in [0.1, 0.15) is 6.61 Å². The molecule has 1 aromatic carbocycles. The Balaban J connectivity index is 1.52. The highest BCUT2D eigenvalue weighted by Gasteiger charge is 2.25. The maximum Gasteiger partial charge on any atom is 0.269 e. The van der Waals surface area contributed by atoms with Crippen molar-refractivity contribution in [1.82, 2.24) is 15.1 Å². The van der Waals surface area contributed by atoms with Gasteiger partial charge in [0, 0.05) is 24.7 Å². The number of nitrogens with one attached hydrogen (secondary N) is 1. The number of nitrogens with zero attached hydrogens (tertiary/aromatic N) is 3. The van der Waals surface area contributed by atoms with Crippen LogP contribution < -0.4 is 15.2 Å². The van der Waals surface area contributed by atoms with Crippen molar-refractivity contribution in [3.05, 3.63) is 51.2 Å². The Morgan fingerprint density at radius 3 is 2.85 bits per heavy atom. The van der Waals surface area contributed by atoms with Crippen LogP contribution in [0.2, 0.25) is 0 Å². The summed E-state index contributed by atoms with van der Waals surface area (Å²) in [5.74, 6) is -0.0151. The van der Waals surface area contributed by atoms with Gasteiger partial charge in [-0.1, -0.05) is 0 Å². The molecule has 138 valence electrons. The van der Waals surface area contributed by atoms with Crippen LogP contribution in [0.5, 0.6) is 5.75 Å². The summed E-state index contributed by atoms with van der Waals surface area (Å²) in [6.45, 7) is 4.52. The normalized spacial score (nSPS) is 19.8. The summed E-state index contributed by atoms with van der Waals surface area (Å²) in [5.41, 5.74) is 3.15. The van der Waals surface area contributed by atoms with Crippen LogP contribution in [0.25, 0.3) is 0 Å². The third-order valence-electron chi connectivity index (χ3n) is 5.50. The topological polar surface area (TPSA) is 61.5 Å². The number of fused-ring (bicyclic) bond motifs is 1. The molecule has 26 heavy (non-hydrogen) atoms. The first-order chi connectivity index (χ1) is 12.5. The average Bonchev–Trinajstić information content (AvgIpc) is 3.20. The third-order valence-corrected chi connectivity index (χ3v) is 5.50. The number of benzene rings is 1. The van der Waals surface area contributed by atoms with Gasteiger partial charge >= 0.3 is 0 Å². The van der Waals surface area contributed by atoms with E-state index in [2.05, 4.69) is 22.1 Å². The van der Waals surface area contributed by atoms with Crippen molar-refractivity contribution >= 4 is 5.69 Å². The van der Waals surface area contributed by atoms with E-state index in [9.17, 15) is 9.18 Å². The molecule has 1 fully saturated rings. The van der Waals surface area contributed by atoms with Crippen molar-refractivity contribution in [1.29, 1.82) is 0 Å². The second-order valence-electron chi connectivity index (χ2n) is 7.20. The first-order valence-electron chi connectivity index (χ1n) is 8.96. The minimum absolute atomic E-state index is 0.200. The lowest BCUT2D eigenvalue weighted by Crippen LogP contribution is -2.30. The molecule has 4 rings (SSSR count). The van der Waals surface area contributed by atoms with E-state index in [4.69, 9.17) is 4.74 Å². The number of aromatic nitrogens is 2. The molecule has 2 aliphatic heterocycles. The fraction of sp³-hybridized carbons (Fsp3) is 0.474. The Morgan fingerprint density at radius 1 is 1.35 bits per heavy atom. The van der Waals surface area contributed by atoms with Gasteiger partial charge in [0.2, 0.25) is 0 Å². The van der Waals surface area contributed by atoms with Gasteiger partial charge in [-0.25, -0.2) is 9.49 Å². The van der Waals surface area contributed by atoms with E-state index in [1.807, 2.05) is 4.90 Å². The number of halogens is 1. The smallest absolute Gasteiger partial charge is 0.269 e. The first-order valence-corrected chi connectivity index (χ1v) is 8.96. The Labute approximate surface area is 151 Å². The molecule has 0 aliphatic carbocycles. The van der Waals surface area contributed by atoms with Crippen LogP contribution in [0.1, 0.15) is 29.5 Å². The molecule has 1 aromatic heterocycles. The molecule has 0 amide bonds. The van der Waals surface area contributed by atoms with Gasteiger partial charge < -0.3 is 14.5 Å². The van der Waals surface area contributed by atoms with E-state index >= 15 is 0 Å². The minimum atomic E-state index is -0.327. The summed E-state index contributed by atoms with van der Waals surface area (Å²) >= 11 is 0. The number of hydrogen-bond acceptors (Lipinski definition) is 5. The molecule has 7 heteroatoms. The van der Waals surface area contributed by atoms with E-state index in [1.165, 1.54) is 0 Å². The van der Waals surface area contributed by atoms with Crippen LogP contribution in [0.3, 0.4) is 0 Å². The Kier molecular flexibility index (Phi) is 4.40. The number of rotatable bonds is 4. The summed E-state index contributed by atoms with van der Waals surface area (Å²) in [6.07, 6.45) is 3.90. The Hall–Kier alpha value is -2.41. The van der Waals surface area contributed by atoms with E-state index in [1.54, 1.807) is 25.3 Å². The van der Waals surface area contributed by atoms with Crippen molar-refractivity contribution < 1.29 is 9.13 Å². The van der Waals surface area contributed by atoms with Crippen LogP contribution >= 0.6 is 0 Å². The second kappa shape index (κ2) is 6.72. The number of likely N-dealkylation sites (N-methyl/N-ethyl adjacent to an activating group) is 1. The largest absolute Gasteiger partial charge is 0.489 e. The van der Waals surface area contributed by atoms with Crippen LogP contribution in [-0.4, -0.2) is 41.3 Å². The standard InChI is InChI=1S/C19H23FN4O2/c1-12-17(8-21-22-19(12)25)24-9-13-6-16(20)18(7-14(13)10-24)26-11-15-4-3-5-23(15)2/h6-8,15H,3-5,9-11H2,1-2H3,(H,22,25). The molecule has 3 heterocycles. The van der Waals surface area contributed by atoms with E-state index < -0.39 is 0 Å². The minimum Gasteiger partial charge on any atom is -0.489 e. The maximum atomic E-state index is 14.5. The fourth-order valence-electron chi connectivity index (χ4n) is 3.82. The molecule has 1 unspecified atom stereocenters. The van der Waals surface area contributed by atoms with Gasteiger partial charge in [-0.2, -0.15) is 5.10 Å². The van der Waals surface area contributed by atoms with Crippen molar-refractivity contribution in [2.24, 2.45) is 0 Å². The zero-order chi connectivity index (χ0) is 18.3. The lowest BCUT2D eigenvalue weighted by molar-refractivity contribution is 0.193. The van der Waals surface area contributed by atoms with Gasteiger partial charge in [-0.15, -0.1) is 0 Å². The summed E-state index contributed by atoms with van der Waals surface area (Å²) in [6, 6.07) is 3.71. The second-order valence-corrected chi connectivity index (χ2v) is 7.20. The lowest BCUT2D eigenvalue weighted by Gasteiger charge is -2.20. The van der Waals surface area contributed by atoms with Crippen LogP contribution in [0, 0.1) is 12.7 Å². The average molecular weight is 358 g/mol. The van der Waals surface area contributed by atoms with E-state index in [-0.39, 0.29) is 11.4 Å². The monoisotopic (exact) mass is 358 g/mol. The number of likely N-dealkylation sites (tertiary alicyclic amines) is 1. The zero-order valence-electron chi connectivity index (χ0n) is 15.1. The Bertz CT molecular complexity index is 882. The fourth-order valence-corrected chi connectivity index (χ4v) is 3.82. The number of ether oxygens (including phenoxy) is 1. The van der Waals surface area contributed by atoms with Crippen molar-refractivity contribution in [2.45, 2.75) is 38.9 Å². The summed E-state index contributed by atoms with van der Waals surface area (Å²) in [7, 11) is 2.08. The highest BCUT2D eigenvalue weighted by molar-refractivity contribution is 5.55. The number of hydrogen-bond donors (Lipinski definition) is 1. The molecule has 0 radical (unpaired) electrons. The molecule has 1 saturated heterocycles. The van der Waals surface area contributed by atoms with Crippen LogP contribution in [0.15, 0.2) is 23.1 Å². The summed E-state index contributed by atoms with van der Waals surface area (Å²) in [4.78, 5) is 16.1. The van der Waals surface area contributed by atoms with Crippen molar-refractivity contribution in [2.75, 3.05) is 25.1 Å². The van der Waals surface area contributed by atoms with Crippen LogP contribution in [0.4, 0.5) is 10.1 Å². The van der Waals surface area contributed by atoms with Gasteiger partial charge in [-0.3, -0.25) is 4.79 Å². The number of H-pyrrole nitrogens is 1. The molecule has 1 N–H and O–H groups in total. The molecule has 0 spiro atoms. The third kappa shape index (κ3) is 3.07. The van der Waals surface area contributed by atoms with E-state index in [0.717, 1.165) is 36.2 Å². The summed E-state index contributed by atoms with van der Waals surface area (Å²) in [5, 5.41) is 6.32. The van der Waals surface area contributed by atoms with Crippen molar-refractivity contribution in [3.8, 4) is 5.75 Å². The summed E-state index contributed by atoms with van der Waals surface area (Å²) < 4.78 is 20.3. The molecular formula is C19H23FN4O2. The predicted octanol–water partition coefficient (Wildman–Crippen LogP) is 2.21. The highest BCUT2D eigenvalue weighted by Crippen LogP contribution is 2.33. The lowest BCUT2D eigenvalue weighted by atomic mass is 10.1.